The molecule has 26 heavy (non-hydrogen) atoms. The maximum absolute atomic E-state index is 12.1. The molecule has 3 N–H and O–H groups in total. The highest BCUT2D eigenvalue weighted by molar-refractivity contribution is 5.99. The third kappa shape index (κ3) is 4.78. The predicted molar refractivity (Wildman–Crippen MR) is 101 cm³/mol. The molecule has 1 aromatic carbocycles. The SMILES string of the molecule is CN1NN=C(c2ccc(NC3CCN(C(=O)OC(C)(C)C)CC3)cc2)N1. The molecule has 0 aromatic heterocycles. The molecule has 0 atom stereocenters. The van der Waals surface area contributed by atoms with Crippen LogP contribution in [-0.2, 0) is 4.74 Å². The Bertz CT molecular complexity index is 659. The van der Waals surface area contributed by atoms with Gasteiger partial charge >= 0.3 is 6.09 Å². The number of hydrogen-bond acceptors (Lipinski definition) is 7. The number of rotatable bonds is 3. The van der Waals surface area contributed by atoms with Gasteiger partial charge in [0.25, 0.3) is 0 Å². The van der Waals surface area contributed by atoms with Crippen LogP contribution >= 0.6 is 0 Å². The summed E-state index contributed by atoms with van der Waals surface area (Å²) in [6.45, 7) is 7.10. The van der Waals surface area contributed by atoms with Gasteiger partial charge in [0.1, 0.15) is 5.60 Å². The van der Waals surface area contributed by atoms with E-state index in [4.69, 9.17) is 4.74 Å². The molecule has 0 spiro atoms. The van der Waals surface area contributed by atoms with Crippen molar-refractivity contribution < 1.29 is 9.53 Å². The molecule has 0 unspecified atom stereocenters. The first-order chi connectivity index (χ1) is 12.3. The largest absolute Gasteiger partial charge is 0.444 e. The molecule has 142 valence electrons. The fraction of sp³-hybridized carbons (Fsp3) is 0.556. The van der Waals surface area contributed by atoms with Crippen molar-refractivity contribution in [1.29, 1.82) is 0 Å². The zero-order chi connectivity index (χ0) is 18.7. The quantitative estimate of drug-likeness (QED) is 0.766. The summed E-state index contributed by atoms with van der Waals surface area (Å²) in [5, 5.41) is 9.44. The Morgan fingerprint density at radius 2 is 1.88 bits per heavy atom. The number of amidine groups is 1. The van der Waals surface area contributed by atoms with E-state index in [9.17, 15) is 4.79 Å². The highest BCUT2D eigenvalue weighted by atomic mass is 16.6. The monoisotopic (exact) mass is 360 g/mol. The van der Waals surface area contributed by atoms with Crippen molar-refractivity contribution in [1.82, 2.24) is 21.0 Å². The lowest BCUT2D eigenvalue weighted by Gasteiger charge is -2.34. The molecule has 0 aliphatic carbocycles. The lowest BCUT2D eigenvalue weighted by Crippen LogP contribution is -2.44. The minimum absolute atomic E-state index is 0.219. The lowest BCUT2D eigenvalue weighted by atomic mass is 10.0. The van der Waals surface area contributed by atoms with Crippen molar-refractivity contribution in [3.63, 3.8) is 0 Å². The number of nitrogens with zero attached hydrogens (tertiary/aromatic N) is 3. The normalized spacial score (nSPS) is 18.8. The zero-order valence-corrected chi connectivity index (χ0v) is 15.9. The standard InChI is InChI=1S/C18H28N6O2/c1-18(2,3)26-17(25)24-11-9-15(10-12-24)19-14-7-5-13(6-8-14)16-20-22-23(4)21-16/h5-8,15,19,22H,9-12H2,1-4H3,(H,20,21). The predicted octanol–water partition coefficient (Wildman–Crippen LogP) is 2.11. The van der Waals surface area contributed by atoms with Crippen LogP contribution in [0.25, 0.3) is 0 Å². The van der Waals surface area contributed by atoms with Gasteiger partial charge in [-0.05, 0) is 57.9 Å². The van der Waals surface area contributed by atoms with E-state index in [2.05, 4.69) is 33.5 Å². The second-order valence-electron chi connectivity index (χ2n) is 7.69. The number of hydrazone groups is 1. The third-order valence-electron chi connectivity index (χ3n) is 4.26. The molecule has 1 fully saturated rings. The van der Waals surface area contributed by atoms with E-state index in [1.54, 1.807) is 10.0 Å². The lowest BCUT2D eigenvalue weighted by molar-refractivity contribution is 0.0210. The van der Waals surface area contributed by atoms with Crippen LogP contribution < -0.4 is 16.3 Å². The van der Waals surface area contributed by atoms with Crippen molar-refractivity contribution in [3.05, 3.63) is 29.8 Å². The fourth-order valence-corrected chi connectivity index (χ4v) is 2.96. The van der Waals surface area contributed by atoms with Crippen molar-refractivity contribution >= 4 is 17.6 Å². The van der Waals surface area contributed by atoms with Crippen LogP contribution in [-0.4, -0.2) is 53.7 Å². The molecular formula is C18H28N6O2. The van der Waals surface area contributed by atoms with Gasteiger partial charge < -0.3 is 15.0 Å². The van der Waals surface area contributed by atoms with Gasteiger partial charge in [-0.1, -0.05) is 0 Å². The molecule has 3 rings (SSSR count). The number of amides is 1. The highest BCUT2D eigenvalue weighted by Crippen LogP contribution is 2.19. The van der Waals surface area contributed by atoms with Crippen LogP contribution in [0.1, 0.15) is 39.2 Å². The minimum Gasteiger partial charge on any atom is -0.444 e. The molecule has 1 aromatic rings. The Kier molecular flexibility index (Phi) is 5.22. The van der Waals surface area contributed by atoms with Crippen molar-refractivity contribution in [2.24, 2.45) is 5.10 Å². The number of anilines is 1. The second kappa shape index (κ2) is 7.41. The molecule has 1 saturated heterocycles. The van der Waals surface area contributed by atoms with Gasteiger partial charge in [0.2, 0.25) is 0 Å². The first kappa shape index (κ1) is 18.3. The van der Waals surface area contributed by atoms with Gasteiger partial charge in [-0.15, -0.1) is 10.2 Å². The Morgan fingerprint density at radius 1 is 1.23 bits per heavy atom. The number of likely N-dealkylation sites (tertiary alicyclic amines) is 1. The van der Waals surface area contributed by atoms with E-state index in [0.29, 0.717) is 19.1 Å². The third-order valence-corrected chi connectivity index (χ3v) is 4.26. The first-order valence-corrected chi connectivity index (χ1v) is 8.99. The summed E-state index contributed by atoms with van der Waals surface area (Å²) >= 11 is 0. The van der Waals surface area contributed by atoms with E-state index >= 15 is 0 Å². The summed E-state index contributed by atoms with van der Waals surface area (Å²) in [7, 11) is 1.86. The zero-order valence-electron chi connectivity index (χ0n) is 15.9. The summed E-state index contributed by atoms with van der Waals surface area (Å²) in [4.78, 5) is 13.9. The molecule has 0 radical (unpaired) electrons. The summed E-state index contributed by atoms with van der Waals surface area (Å²) in [6.07, 6.45) is 1.59. The van der Waals surface area contributed by atoms with E-state index < -0.39 is 5.60 Å². The fourth-order valence-electron chi connectivity index (χ4n) is 2.96. The van der Waals surface area contributed by atoms with E-state index in [1.807, 2.05) is 40.0 Å². The van der Waals surface area contributed by atoms with Gasteiger partial charge in [0.15, 0.2) is 5.84 Å². The summed E-state index contributed by atoms with van der Waals surface area (Å²) < 4.78 is 5.44. The summed E-state index contributed by atoms with van der Waals surface area (Å²) in [6, 6.07) is 8.53. The molecule has 8 nitrogen and oxygen atoms in total. The number of ether oxygens (including phenoxy) is 1. The van der Waals surface area contributed by atoms with Crippen molar-refractivity contribution in [3.8, 4) is 0 Å². The van der Waals surface area contributed by atoms with Crippen LogP contribution in [0.5, 0.6) is 0 Å². The van der Waals surface area contributed by atoms with Crippen LogP contribution in [0.3, 0.4) is 0 Å². The molecule has 2 aliphatic heterocycles. The summed E-state index contributed by atoms with van der Waals surface area (Å²) in [5.74, 6) is 0.796. The molecule has 8 heteroatoms. The Labute approximate surface area is 154 Å². The van der Waals surface area contributed by atoms with Crippen molar-refractivity contribution in [2.45, 2.75) is 45.3 Å². The van der Waals surface area contributed by atoms with Crippen LogP contribution in [0.4, 0.5) is 10.5 Å². The number of nitrogens with one attached hydrogen (secondary N) is 3. The van der Waals surface area contributed by atoms with Crippen molar-refractivity contribution in [2.75, 3.05) is 25.5 Å². The molecule has 2 aliphatic rings. The van der Waals surface area contributed by atoms with Gasteiger partial charge in [0.05, 0.1) is 0 Å². The van der Waals surface area contributed by atoms with Gasteiger partial charge in [-0.25, -0.2) is 10.3 Å². The molecular weight excluding hydrogens is 332 g/mol. The van der Waals surface area contributed by atoms with Crippen LogP contribution in [0.2, 0.25) is 0 Å². The Hall–Kier alpha value is -2.48. The minimum atomic E-state index is -0.448. The van der Waals surface area contributed by atoms with Gasteiger partial charge in [-0.2, -0.15) is 0 Å². The average molecular weight is 360 g/mol. The van der Waals surface area contributed by atoms with Crippen LogP contribution in [0.15, 0.2) is 29.4 Å². The Balaban J connectivity index is 1.48. The van der Waals surface area contributed by atoms with E-state index in [0.717, 1.165) is 29.9 Å². The topological polar surface area (TPSA) is 81.2 Å². The summed E-state index contributed by atoms with van der Waals surface area (Å²) in [5.41, 5.74) is 7.58. The molecule has 0 bridgehead atoms. The van der Waals surface area contributed by atoms with E-state index in [1.165, 1.54) is 0 Å². The average Bonchev–Trinajstić information content (AvgIpc) is 3.01. The molecule has 2 heterocycles. The number of hydrazine groups is 2. The second-order valence-corrected chi connectivity index (χ2v) is 7.69. The maximum atomic E-state index is 12.1. The van der Waals surface area contributed by atoms with Crippen LogP contribution in [0, 0.1) is 0 Å². The van der Waals surface area contributed by atoms with Gasteiger partial charge in [0, 0.05) is 37.4 Å². The smallest absolute Gasteiger partial charge is 0.410 e. The molecule has 1 amide bonds. The number of carbonyl (C=O) groups excluding carboxylic acids is 1. The Morgan fingerprint density at radius 3 is 2.42 bits per heavy atom. The van der Waals surface area contributed by atoms with Gasteiger partial charge in [-0.3, -0.25) is 5.43 Å². The maximum Gasteiger partial charge on any atom is 0.410 e. The number of hydrogen-bond donors (Lipinski definition) is 3. The first-order valence-electron chi connectivity index (χ1n) is 8.99. The van der Waals surface area contributed by atoms with E-state index in [-0.39, 0.29) is 6.09 Å². The number of benzene rings is 1. The highest BCUT2D eigenvalue weighted by Gasteiger charge is 2.26. The number of carbonyl (C=O) groups is 1. The number of piperidine rings is 1. The molecule has 0 saturated carbocycles.